The average molecular weight is 256 g/mol. The van der Waals surface area contributed by atoms with Crippen molar-refractivity contribution in [1.82, 2.24) is 4.98 Å². The van der Waals surface area contributed by atoms with E-state index in [4.69, 9.17) is 5.73 Å². The predicted octanol–water partition coefficient (Wildman–Crippen LogP) is 3.18. The van der Waals surface area contributed by atoms with Crippen LogP contribution < -0.4 is 5.73 Å². The molecule has 0 spiro atoms. The molecule has 1 aromatic heterocycles. The Morgan fingerprint density at radius 2 is 1.95 bits per heavy atom. The van der Waals surface area contributed by atoms with Crippen LogP contribution in [0.25, 0.3) is 10.9 Å². The summed E-state index contributed by atoms with van der Waals surface area (Å²) in [5.41, 5.74) is 6.95. The van der Waals surface area contributed by atoms with Crippen molar-refractivity contribution in [2.75, 3.05) is 6.54 Å². The summed E-state index contributed by atoms with van der Waals surface area (Å²) in [5.74, 6) is 0.109. The molecule has 0 saturated carbocycles. The van der Waals surface area contributed by atoms with Gasteiger partial charge in [0, 0.05) is 29.1 Å². The molecular weight excluding hydrogens is 236 g/mol. The van der Waals surface area contributed by atoms with E-state index >= 15 is 0 Å². The molecule has 0 aliphatic carbocycles. The molecule has 3 heteroatoms. The summed E-state index contributed by atoms with van der Waals surface area (Å²) in [4.78, 5) is 17.0. The first-order valence-corrected chi connectivity index (χ1v) is 6.76. The van der Waals surface area contributed by atoms with Crippen LogP contribution in [0.3, 0.4) is 0 Å². The summed E-state index contributed by atoms with van der Waals surface area (Å²) >= 11 is 0. The number of fused-ring (bicyclic) bond motifs is 1. The fraction of sp³-hybridized carbons (Fsp3) is 0.375. The van der Waals surface area contributed by atoms with E-state index < -0.39 is 5.41 Å². The molecule has 0 aliphatic rings. The Hall–Kier alpha value is -1.74. The van der Waals surface area contributed by atoms with Crippen LogP contribution in [0.4, 0.5) is 0 Å². The zero-order valence-corrected chi connectivity index (χ0v) is 11.5. The van der Waals surface area contributed by atoms with Crippen LogP contribution in [0, 0.1) is 5.41 Å². The number of aromatic nitrogens is 1. The number of nitrogens with zero attached hydrogens (tertiary/aromatic N) is 1. The number of para-hydroxylation sites is 1. The van der Waals surface area contributed by atoms with Crippen LogP contribution in [0.1, 0.15) is 37.0 Å². The fourth-order valence-electron chi connectivity index (χ4n) is 2.45. The van der Waals surface area contributed by atoms with E-state index in [2.05, 4.69) is 4.98 Å². The minimum absolute atomic E-state index is 0.109. The van der Waals surface area contributed by atoms with Gasteiger partial charge in [-0.3, -0.25) is 9.78 Å². The second-order valence-corrected chi connectivity index (χ2v) is 4.94. The van der Waals surface area contributed by atoms with Crippen molar-refractivity contribution in [2.24, 2.45) is 11.1 Å². The predicted molar refractivity (Wildman–Crippen MR) is 78.1 cm³/mol. The van der Waals surface area contributed by atoms with E-state index in [1.54, 1.807) is 6.20 Å². The molecule has 3 nitrogen and oxygen atoms in total. The van der Waals surface area contributed by atoms with Crippen molar-refractivity contribution in [3.63, 3.8) is 0 Å². The normalized spacial score (nSPS) is 11.7. The highest BCUT2D eigenvalue weighted by Crippen LogP contribution is 2.30. The zero-order chi connectivity index (χ0) is 13.9. The van der Waals surface area contributed by atoms with Gasteiger partial charge in [-0.15, -0.1) is 0 Å². The number of hydrogen-bond acceptors (Lipinski definition) is 3. The minimum atomic E-state index is -0.454. The monoisotopic (exact) mass is 256 g/mol. The Morgan fingerprint density at radius 1 is 1.26 bits per heavy atom. The summed E-state index contributed by atoms with van der Waals surface area (Å²) in [6, 6.07) is 9.73. The molecule has 0 amide bonds. The van der Waals surface area contributed by atoms with Crippen LogP contribution in [0.15, 0.2) is 36.5 Å². The second-order valence-electron chi connectivity index (χ2n) is 4.94. The Balaban J connectivity index is 2.46. The number of hydrogen-bond donors (Lipinski definition) is 1. The maximum atomic E-state index is 12.7. The van der Waals surface area contributed by atoms with E-state index in [9.17, 15) is 4.79 Å². The average Bonchev–Trinajstić information content (AvgIpc) is 2.49. The fourth-order valence-corrected chi connectivity index (χ4v) is 2.45. The van der Waals surface area contributed by atoms with Gasteiger partial charge >= 0.3 is 0 Å². The number of benzene rings is 1. The molecule has 1 heterocycles. The van der Waals surface area contributed by atoms with E-state index in [1.165, 1.54) is 0 Å². The Kier molecular flexibility index (Phi) is 3.96. The summed E-state index contributed by atoms with van der Waals surface area (Å²) in [5, 5.41) is 0.992. The molecule has 1 aromatic carbocycles. The van der Waals surface area contributed by atoms with Crippen molar-refractivity contribution in [1.29, 1.82) is 0 Å². The van der Waals surface area contributed by atoms with Gasteiger partial charge in [0.1, 0.15) is 0 Å². The van der Waals surface area contributed by atoms with E-state index in [1.807, 2.05) is 44.2 Å². The molecule has 2 rings (SSSR count). The molecule has 19 heavy (non-hydrogen) atoms. The van der Waals surface area contributed by atoms with Crippen molar-refractivity contribution in [3.8, 4) is 0 Å². The summed E-state index contributed by atoms with van der Waals surface area (Å²) in [6.45, 7) is 4.41. The van der Waals surface area contributed by atoms with E-state index in [0.717, 1.165) is 23.7 Å². The molecule has 0 saturated heterocycles. The van der Waals surface area contributed by atoms with Crippen molar-refractivity contribution in [2.45, 2.75) is 26.7 Å². The molecule has 100 valence electrons. The molecule has 0 fully saturated rings. The van der Waals surface area contributed by atoms with Gasteiger partial charge in [0.15, 0.2) is 5.78 Å². The lowest BCUT2D eigenvalue weighted by Gasteiger charge is -2.28. The highest BCUT2D eigenvalue weighted by atomic mass is 16.1. The summed E-state index contributed by atoms with van der Waals surface area (Å²) in [6.07, 6.45) is 3.18. The van der Waals surface area contributed by atoms with Gasteiger partial charge < -0.3 is 5.73 Å². The van der Waals surface area contributed by atoms with Gasteiger partial charge in [0.05, 0.1) is 5.52 Å². The van der Waals surface area contributed by atoms with E-state index in [-0.39, 0.29) is 5.78 Å². The quantitative estimate of drug-likeness (QED) is 0.836. The van der Waals surface area contributed by atoms with Crippen molar-refractivity contribution < 1.29 is 4.79 Å². The Morgan fingerprint density at radius 3 is 2.58 bits per heavy atom. The summed E-state index contributed by atoms with van der Waals surface area (Å²) in [7, 11) is 0. The highest BCUT2D eigenvalue weighted by molar-refractivity contribution is 6.02. The minimum Gasteiger partial charge on any atom is -0.329 e. The lowest BCUT2D eigenvalue weighted by atomic mass is 9.76. The first-order chi connectivity index (χ1) is 9.16. The van der Waals surface area contributed by atoms with Crippen molar-refractivity contribution in [3.05, 3.63) is 42.1 Å². The standard InChI is InChI=1S/C16H20N2O/c1-3-16(4-2,11-17)15(19)13-9-12-7-5-6-8-14(12)18-10-13/h5-10H,3-4,11,17H2,1-2H3. The maximum Gasteiger partial charge on any atom is 0.171 e. The molecular formula is C16H20N2O. The van der Waals surface area contributed by atoms with Crippen LogP contribution in [0.2, 0.25) is 0 Å². The largest absolute Gasteiger partial charge is 0.329 e. The number of ketones is 1. The molecule has 2 aromatic rings. The smallest absolute Gasteiger partial charge is 0.171 e. The molecule has 0 aliphatic heterocycles. The zero-order valence-electron chi connectivity index (χ0n) is 11.5. The molecule has 0 bridgehead atoms. The molecule has 2 N–H and O–H groups in total. The number of Topliss-reactive ketones (excluding diaryl/α,β-unsaturated/α-hetero) is 1. The lowest BCUT2D eigenvalue weighted by molar-refractivity contribution is 0.0787. The van der Waals surface area contributed by atoms with Crippen LogP contribution in [0.5, 0.6) is 0 Å². The number of nitrogens with two attached hydrogens (primary N) is 1. The van der Waals surface area contributed by atoms with Crippen LogP contribution in [-0.4, -0.2) is 17.3 Å². The third-order valence-electron chi connectivity index (χ3n) is 4.08. The van der Waals surface area contributed by atoms with Crippen molar-refractivity contribution >= 4 is 16.7 Å². The lowest BCUT2D eigenvalue weighted by Crippen LogP contribution is -2.37. The molecule has 0 atom stereocenters. The van der Waals surface area contributed by atoms with E-state index in [0.29, 0.717) is 12.1 Å². The van der Waals surface area contributed by atoms with Gasteiger partial charge in [-0.25, -0.2) is 0 Å². The van der Waals surface area contributed by atoms with Gasteiger partial charge in [0.2, 0.25) is 0 Å². The first-order valence-electron chi connectivity index (χ1n) is 6.76. The number of carbonyl (C=O) groups is 1. The number of pyridine rings is 1. The topological polar surface area (TPSA) is 56.0 Å². The van der Waals surface area contributed by atoms with Gasteiger partial charge in [0.25, 0.3) is 0 Å². The highest BCUT2D eigenvalue weighted by Gasteiger charge is 2.34. The SMILES string of the molecule is CCC(CC)(CN)C(=O)c1cnc2ccccc2c1. The van der Waals surface area contributed by atoms with Gasteiger partial charge in [-0.1, -0.05) is 32.0 Å². The maximum absolute atomic E-state index is 12.7. The Bertz CT molecular complexity index is 580. The van der Waals surface area contributed by atoms with Crippen LogP contribution >= 0.6 is 0 Å². The summed E-state index contributed by atoms with van der Waals surface area (Å²) < 4.78 is 0. The van der Waals surface area contributed by atoms with Crippen LogP contribution in [-0.2, 0) is 0 Å². The molecule has 0 radical (unpaired) electrons. The molecule has 0 unspecified atom stereocenters. The van der Waals surface area contributed by atoms with Gasteiger partial charge in [-0.2, -0.15) is 0 Å². The van der Waals surface area contributed by atoms with Gasteiger partial charge in [-0.05, 0) is 25.0 Å². The third-order valence-corrected chi connectivity index (χ3v) is 4.08. The number of carbonyl (C=O) groups excluding carboxylic acids is 1. The first kappa shape index (κ1) is 13.7. The third kappa shape index (κ3) is 2.38. The number of rotatable bonds is 5. The second kappa shape index (κ2) is 5.49. The Labute approximate surface area is 113 Å².